The lowest BCUT2D eigenvalue weighted by atomic mass is 10.0. The Bertz CT molecular complexity index is 201. The number of allylic oxidation sites excluding steroid dienone is 3. The lowest BCUT2D eigenvalue weighted by Gasteiger charge is -2.05. The van der Waals surface area contributed by atoms with Crippen LogP contribution in [0.3, 0.4) is 0 Å². The van der Waals surface area contributed by atoms with Gasteiger partial charge in [-0.25, -0.2) is 0 Å². The second-order valence-corrected chi connectivity index (χ2v) is 2.43. The van der Waals surface area contributed by atoms with Gasteiger partial charge in [0.1, 0.15) is 0 Å². The minimum absolute atomic E-state index is 0.324. The summed E-state index contributed by atoms with van der Waals surface area (Å²) < 4.78 is 0. The summed E-state index contributed by atoms with van der Waals surface area (Å²) in [6.45, 7) is 1.71. The zero-order valence-corrected chi connectivity index (χ0v) is 5.87. The highest BCUT2D eigenvalue weighted by Crippen LogP contribution is 2.19. The van der Waals surface area contributed by atoms with Crippen LogP contribution in [0.4, 0.5) is 0 Å². The summed E-state index contributed by atoms with van der Waals surface area (Å²) in [4.78, 5) is 10.4. The van der Waals surface area contributed by atoms with E-state index < -0.39 is 5.97 Å². The summed E-state index contributed by atoms with van der Waals surface area (Å²) in [7, 11) is 0. The van der Waals surface area contributed by atoms with E-state index >= 15 is 0 Å². The molecule has 1 atom stereocenters. The quantitative estimate of drug-likeness (QED) is 0.629. The van der Waals surface area contributed by atoms with Gasteiger partial charge in [0.15, 0.2) is 0 Å². The van der Waals surface area contributed by atoms with Crippen molar-refractivity contribution in [1.82, 2.24) is 0 Å². The molecule has 0 aliphatic heterocycles. The van der Waals surface area contributed by atoms with Crippen LogP contribution in [0.2, 0.25) is 0 Å². The third-order valence-corrected chi connectivity index (χ3v) is 1.73. The van der Waals surface area contributed by atoms with Crippen molar-refractivity contribution >= 4 is 5.97 Å². The molecule has 54 valence electrons. The summed E-state index contributed by atoms with van der Waals surface area (Å²) in [5.41, 5.74) is 0.993. The second-order valence-electron chi connectivity index (χ2n) is 2.43. The number of carbonyl (C=O) groups is 1. The zero-order valence-electron chi connectivity index (χ0n) is 5.87. The molecule has 1 aliphatic rings. The van der Waals surface area contributed by atoms with Crippen LogP contribution in [0, 0.1) is 5.92 Å². The highest BCUT2D eigenvalue weighted by atomic mass is 16.4. The van der Waals surface area contributed by atoms with E-state index in [0.29, 0.717) is 0 Å². The van der Waals surface area contributed by atoms with Crippen molar-refractivity contribution in [3.05, 3.63) is 23.8 Å². The van der Waals surface area contributed by atoms with Crippen molar-refractivity contribution in [2.45, 2.75) is 13.3 Å². The van der Waals surface area contributed by atoms with E-state index in [-0.39, 0.29) is 5.92 Å². The Kier molecular flexibility index (Phi) is 1.90. The molecule has 2 heteroatoms. The summed E-state index contributed by atoms with van der Waals surface area (Å²) in [5.74, 6) is -1.06. The molecule has 0 aromatic rings. The fourth-order valence-electron chi connectivity index (χ4n) is 0.944. The third-order valence-electron chi connectivity index (χ3n) is 1.73. The maximum Gasteiger partial charge on any atom is 0.310 e. The van der Waals surface area contributed by atoms with Crippen LogP contribution < -0.4 is 0 Å². The molecule has 10 heavy (non-hydrogen) atoms. The maximum atomic E-state index is 10.4. The fourth-order valence-corrected chi connectivity index (χ4v) is 0.944. The van der Waals surface area contributed by atoms with Crippen LogP contribution in [0.1, 0.15) is 13.3 Å². The van der Waals surface area contributed by atoms with E-state index in [1.54, 1.807) is 6.92 Å². The molecular weight excluding hydrogens is 128 g/mol. The minimum Gasteiger partial charge on any atom is -0.481 e. The molecule has 0 bridgehead atoms. The van der Waals surface area contributed by atoms with Gasteiger partial charge >= 0.3 is 5.97 Å². The van der Waals surface area contributed by atoms with Crippen molar-refractivity contribution < 1.29 is 9.90 Å². The first kappa shape index (κ1) is 7.06. The van der Waals surface area contributed by atoms with E-state index in [9.17, 15) is 4.79 Å². The predicted octanol–water partition coefficient (Wildman–Crippen LogP) is 1.59. The standard InChI is InChI=1S/C8H10O2/c1-6(8(9)10)7-4-2-3-5-7/h2-4,6H,5H2,1H3,(H,9,10). The first-order valence-electron chi connectivity index (χ1n) is 3.30. The van der Waals surface area contributed by atoms with Gasteiger partial charge in [0, 0.05) is 0 Å². The molecule has 0 aromatic heterocycles. The average Bonchev–Trinajstić information content (AvgIpc) is 2.36. The van der Waals surface area contributed by atoms with E-state index in [2.05, 4.69) is 0 Å². The van der Waals surface area contributed by atoms with Gasteiger partial charge in [0.2, 0.25) is 0 Å². The van der Waals surface area contributed by atoms with Gasteiger partial charge in [-0.2, -0.15) is 0 Å². The lowest BCUT2D eigenvalue weighted by molar-refractivity contribution is -0.139. The van der Waals surface area contributed by atoms with Gasteiger partial charge in [-0.05, 0) is 13.3 Å². The zero-order chi connectivity index (χ0) is 7.56. The Labute approximate surface area is 59.9 Å². The molecule has 1 N–H and O–H groups in total. The molecule has 2 nitrogen and oxygen atoms in total. The van der Waals surface area contributed by atoms with Gasteiger partial charge in [0.05, 0.1) is 5.92 Å². The monoisotopic (exact) mass is 138 g/mol. The van der Waals surface area contributed by atoms with E-state index in [4.69, 9.17) is 5.11 Å². The molecule has 0 aromatic carbocycles. The number of carboxylic acids is 1. The Morgan fingerprint density at radius 1 is 1.80 bits per heavy atom. The molecule has 1 aliphatic carbocycles. The SMILES string of the molecule is CC(C(=O)O)C1=CC=CC1. The lowest BCUT2D eigenvalue weighted by Crippen LogP contribution is -2.10. The van der Waals surface area contributed by atoms with Crippen LogP contribution in [-0.4, -0.2) is 11.1 Å². The summed E-state index contributed by atoms with van der Waals surface area (Å²) in [6.07, 6.45) is 6.54. The molecule has 1 unspecified atom stereocenters. The Morgan fingerprint density at radius 2 is 2.50 bits per heavy atom. The molecule has 0 heterocycles. The average molecular weight is 138 g/mol. The normalized spacial score (nSPS) is 18.7. The third kappa shape index (κ3) is 1.26. The first-order chi connectivity index (χ1) is 4.72. The molecule has 0 amide bonds. The number of carboxylic acid groups (broad SMARTS) is 1. The topological polar surface area (TPSA) is 37.3 Å². The first-order valence-corrected chi connectivity index (χ1v) is 3.30. The molecule has 0 spiro atoms. The largest absolute Gasteiger partial charge is 0.481 e. The summed E-state index contributed by atoms with van der Waals surface area (Å²) in [5, 5.41) is 8.57. The molecule has 0 saturated heterocycles. The van der Waals surface area contributed by atoms with Crippen LogP contribution in [0.15, 0.2) is 23.8 Å². The molecular formula is C8H10O2. The molecule has 0 saturated carbocycles. The fraction of sp³-hybridized carbons (Fsp3) is 0.375. The molecule has 1 rings (SSSR count). The van der Waals surface area contributed by atoms with Gasteiger partial charge < -0.3 is 5.11 Å². The highest BCUT2D eigenvalue weighted by molar-refractivity contribution is 5.73. The summed E-state index contributed by atoms with van der Waals surface area (Å²) in [6, 6.07) is 0. The van der Waals surface area contributed by atoms with Gasteiger partial charge in [-0.15, -0.1) is 0 Å². The van der Waals surface area contributed by atoms with Crippen LogP contribution >= 0.6 is 0 Å². The van der Waals surface area contributed by atoms with Crippen molar-refractivity contribution in [2.75, 3.05) is 0 Å². The van der Waals surface area contributed by atoms with Crippen LogP contribution in [0.25, 0.3) is 0 Å². The Morgan fingerprint density at radius 3 is 2.90 bits per heavy atom. The van der Waals surface area contributed by atoms with Crippen LogP contribution in [-0.2, 0) is 4.79 Å². The highest BCUT2D eigenvalue weighted by Gasteiger charge is 2.15. The number of aliphatic carboxylic acids is 1. The Hall–Kier alpha value is -1.05. The molecule has 0 fully saturated rings. The van der Waals surface area contributed by atoms with Crippen molar-refractivity contribution in [2.24, 2.45) is 5.92 Å². The Balaban J connectivity index is 2.59. The van der Waals surface area contributed by atoms with Crippen molar-refractivity contribution in [1.29, 1.82) is 0 Å². The van der Waals surface area contributed by atoms with Gasteiger partial charge in [0.25, 0.3) is 0 Å². The number of hydrogen-bond acceptors (Lipinski definition) is 1. The van der Waals surface area contributed by atoms with E-state index in [1.165, 1.54) is 0 Å². The predicted molar refractivity (Wildman–Crippen MR) is 38.6 cm³/mol. The van der Waals surface area contributed by atoms with Crippen LogP contribution in [0.5, 0.6) is 0 Å². The van der Waals surface area contributed by atoms with E-state index in [0.717, 1.165) is 12.0 Å². The smallest absolute Gasteiger partial charge is 0.310 e. The van der Waals surface area contributed by atoms with Gasteiger partial charge in [-0.1, -0.05) is 23.8 Å². The number of hydrogen-bond donors (Lipinski definition) is 1. The summed E-state index contributed by atoms with van der Waals surface area (Å²) >= 11 is 0. The molecule has 0 radical (unpaired) electrons. The minimum atomic E-state index is -0.741. The van der Waals surface area contributed by atoms with Gasteiger partial charge in [-0.3, -0.25) is 4.79 Å². The number of rotatable bonds is 2. The van der Waals surface area contributed by atoms with Crippen molar-refractivity contribution in [3.63, 3.8) is 0 Å². The second kappa shape index (κ2) is 2.69. The maximum absolute atomic E-state index is 10.4. The van der Waals surface area contributed by atoms with E-state index in [1.807, 2.05) is 18.2 Å². The van der Waals surface area contributed by atoms with Crippen molar-refractivity contribution in [3.8, 4) is 0 Å².